The maximum absolute atomic E-state index is 11.9. The number of carbonyl (C=O) groups excluding carboxylic acids is 1. The Balaban J connectivity index is 1.45. The van der Waals surface area contributed by atoms with Gasteiger partial charge >= 0.3 is 5.97 Å². The van der Waals surface area contributed by atoms with Gasteiger partial charge in [-0.2, -0.15) is 0 Å². The lowest BCUT2D eigenvalue weighted by molar-refractivity contribution is 0.0601. The molecule has 10 heteroatoms. The molecule has 10 nitrogen and oxygen atoms in total. The Kier molecular flexibility index (Phi) is 5.45. The van der Waals surface area contributed by atoms with Gasteiger partial charge in [0.25, 0.3) is 0 Å². The number of methoxy groups -OCH3 is 1. The van der Waals surface area contributed by atoms with Crippen molar-refractivity contribution in [1.29, 1.82) is 0 Å². The smallest absolute Gasteiger partial charge is 0.337 e. The van der Waals surface area contributed by atoms with Crippen LogP contribution in [-0.4, -0.2) is 55.2 Å². The largest absolute Gasteiger partial charge is 0.465 e. The third kappa shape index (κ3) is 4.13. The highest BCUT2D eigenvalue weighted by molar-refractivity contribution is 6.12. The van der Waals surface area contributed by atoms with Crippen LogP contribution in [0.15, 0.2) is 59.9 Å². The third-order valence-electron chi connectivity index (χ3n) is 5.67. The molecular weight excluding hydrogens is 422 g/mol. The number of pyridine rings is 1. The summed E-state index contributed by atoms with van der Waals surface area (Å²) >= 11 is 0. The van der Waals surface area contributed by atoms with Gasteiger partial charge in [-0.15, -0.1) is 0 Å². The van der Waals surface area contributed by atoms with Gasteiger partial charge in [-0.1, -0.05) is 6.07 Å². The zero-order valence-corrected chi connectivity index (χ0v) is 18.2. The number of carbonyl (C=O) groups is 1. The van der Waals surface area contributed by atoms with Crippen LogP contribution in [0.2, 0.25) is 0 Å². The first-order valence-electron chi connectivity index (χ1n) is 10.6. The number of rotatable bonds is 4. The Labute approximate surface area is 190 Å². The van der Waals surface area contributed by atoms with Crippen LogP contribution in [0.4, 0.5) is 17.2 Å². The van der Waals surface area contributed by atoms with Crippen molar-refractivity contribution in [2.24, 2.45) is 10.7 Å². The summed E-state index contributed by atoms with van der Waals surface area (Å²) in [7, 11) is 1.35. The number of aromatic nitrogens is 2. The van der Waals surface area contributed by atoms with Crippen molar-refractivity contribution in [1.82, 2.24) is 9.97 Å². The average Bonchev–Trinajstić information content (AvgIpc) is 3.33. The minimum atomic E-state index is -1.23. The minimum absolute atomic E-state index is 0.411. The lowest BCUT2D eigenvalue weighted by Gasteiger charge is -2.33. The number of nitrogens with zero attached hydrogens (tertiary/aromatic N) is 3. The molecule has 0 spiro atoms. The number of nitrogens with two attached hydrogens (primary N) is 1. The predicted molar refractivity (Wildman–Crippen MR) is 125 cm³/mol. The molecule has 1 atom stereocenters. The Bertz CT molecular complexity index is 1180. The van der Waals surface area contributed by atoms with Crippen LogP contribution < -0.4 is 21.3 Å². The van der Waals surface area contributed by atoms with Crippen LogP contribution in [0.3, 0.4) is 0 Å². The van der Waals surface area contributed by atoms with Gasteiger partial charge in [-0.05, 0) is 36.4 Å². The van der Waals surface area contributed by atoms with Crippen LogP contribution in [0.5, 0.6) is 0 Å². The number of H-pyrrole nitrogens is 1. The molecule has 0 saturated carbocycles. The first-order valence-corrected chi connectivity index (χ1v) is 10.6. The highest BCUT2D eigenvalue weighted by atomic mass is 16.5. The van der Waals surface area contributed by atoms with E-state index in [0.717, 1.165) is 30.3 Å². The number of morpholine rings is 1. The molecule has 0 aliphatic carbocycles. The summed E-state index contributed by atoms with van der Waals surface area (Å²) in [5, 5.41) is 6.57. The summed E-state index contributed by atoms with van der Waals surface area (Å²) in [6.45, 7) is 3.00. The van der Waals surface area contributed by atoms with Gasteiger partial charge in [-0.25, -0.2) is 14.8 Å². The van der Waals surface area contributed by atoms with E-state index in [0.29, 0.717) is 35.9 Å². The second-order valence-corrected chi connectivity index (χ2v) is 7.82. The Morgan fingerprint density at radius 1 is 1.24 bits per heavy atom. The summed E-state index contributed by atoms with van der Waals surface area (Å²) in [6, 6.07) is 12.8. The van der Waals surface area contributed by atoms with Crippen LogP contribution in [0.25, 0.3) is 0 Å². The zero-order valence-electron chi connectivity index (χ0n) is 18.2. The van der Waals surface area contributed by atoms with Gasteiger partial charge in [0, 0.05) is 36.7 Å². The topological polar surface area (TPSA) is 130 Å². The molecule has 0 amide bonds. The van der Waals surface area contributed by atoms with Gasteiger partial charge in [0.1, 0.15) is 11.5 Å². The first-order chi connectivity index (χ1) is 16.1. The van der Waals surface area contributed by atoms with E-state index in [2.05, 4.69) is 25.5 Å². The molecule has 170 valence electrons. The van der Waals surface area contributed by atoms with E-state index in [-0.39, 0.29) is 0 Å². The molecule has 1 unspecified atom stereocenters. The third-order valence-corrected chi connectivity index (χ3v) is 5.67. The second kappa shape index (κ2) is 8.57. The van der Waals surface area contributed by atoms with Crippen molar-refractivity contribution in [3.05, 3.63) is 71.7 Å². The molecule has 0 bridgehead atoms. The molecule has 3 aromatic rings. The fourth-order valence-corrected chi connectivity index (χ4v) is 3.93. The molecule has 2 aliphatic rings. The molecule has 1 saturated heterocycles. The number of esters is 1. The fraction of sp³-hybridized carbons (Fsp3) is 0.261. The number of hydrogen-bond donors (Lipinski definition) is 4. The Morgan fingerprint density at radius 3 is 2.85 bits per heavy atom. The van der Waals surface area contributed by atoms with Crippen molar-refractivity contribution < 1.29 is 14.3 Å². The number of benzene rings is 1. The van der Waals surface area contributed by atoms with Crippen LogP contribution in [-0.2, 0) is 15.3 Å². The second-order valence-electron chi connectivity index (χ2n) is 7.82. The summed E-state index contributed by atoms with van der Waals surface area (Å²) in [5.74, 6) is -0.221. The molecule has 1 fully saturated rings. The molecule has 4 heterocycles. The molecular formula is C23H25N7O3. The molecule has 5 rings (SSSR count). The number of nitrogens with one attached hydrogen (secondary N) is 3. The molecule has 5 N–H and O–H groups in total. The Morgan fingerprint density at radius 2 is 2.09 bits per heavy atom. The number of hydrogen-bond acceptors (Lipinski definition) is 9. The fourth-order valence-electron chi connectivity index (χ4n) is 3.93. The van der Waals surface area contributed by atoms with Gasteiger partial charge < -0.3 is 30.0 Å². The van der Waals surface area contributed by atoms with Crippen molar-refractivity contribution in [3.8, 4) is 0 Å². The standard InChI is InChI=1S/C23H25N7O3/c1-32-22(31)15-3-2-4-17(13-15)27-21-20-18(7-8-25-20)28-23(24,29-21)16-5-6-19(26-14-16)30-9-11-33-12-10-30/h2-8,13-14,25,28H,9-12,24H2,1H3,(H,27,29). The van der Waals surface area contributed by atoms with E-state index in [1.54, 1.807) is 24.4 Å². The van der Waals surface area contributed by atoms with E-state index < -0.39 is 11.8 Å². The van der Waals surface area contributed by atoms with Gasteiger partial charge in [-0.3, -0.25) is 5.73 Å². The summed E-state index contributed by atoms with van der Waals surface area (Å²) in [5.41, 5.74) is 10.1. The van der Waals surface area contributed by atoms with Crippen molar-refractivity contribution in [2.45, 2.75) is 5.79 Å². The number of aliphatic imine (C=N–C) groups is 1. The van der Waals surface area contributed by atoms with Crippen molar-refractivity contribution in [2.75, 3.05) is 48.9 Å². The highest BCUT2D eigenvalue weighted by Crippen LogP contribution is 2.31. The van der Waals surface area contributed by atoms with Crippen LogP contribution in [0.1, 0.15) is 21.6 Å². The van der Waals surface area contributed by atoms with E-state index in [9.17, 15) is 4.79 Å². The first kappa shape index (κ1) is 21.0. The lowest BCUT2D eigenvalue weighted by Crippen LogP contribution is -2.47. The van der Waals surface area contributed by atoms with Gasteiger partial charge in [0.15, 0.2) is 5.84 Å². The molecule has 2 aliphatic heterocycles. The normalized spacial score (nSPS) is 19.8. The van der Waals surface area contributed by atoms with E-state index >= 15 is 0 Å². The highest BCUT2D eigenvalue weighted by Gasteiger charge is 2.34. The maximum atomic E-state index is 11.9. The molecule has 33 heavy (non-hydrogen) atoms. The molecule has 1 aromatic carbocycles. The minimum Gasteiger partial charge on any atom is -0.465 e. The Hall–Kier alpha value is -3.89. The number of anilines is 3. The molecule has 0 radical (unpaired) electrons. The number of fused-ring (bicyclic) bond motifs is 1. The van der Waals surface area contributed by atoms with E-state index in [1.807, 2.05) is 30.5 Å². The van der Waals surface area contributed by atoms with Gasteiger partial charge in [0.05, 0.1) is 31.6 Å². The lowest BCUT2D eigenvalue weighted by atomic mass is 10.1. The summed E-state index contributed by atoms with van der Waals surface area (Å²) in [6.07, 6.45) is 3.56. The van der Waals surface area contributed by atoms with Crippen molar-refractivity contribution >= 4 is 29.0 Å². The quantitative estimate of drug-likeness (QED) is 0.448. The van der Waals surface area contributed by atoms with E-state index in [4.69, 9.17) is 20.2 Å². The summed E-state index contributed by atoms with van der Waals surface area (Å²) < 4.78 is 10.2. The number of amidine groups is 1. The van der Waals surface area contributed by atoms with Crippen LogP contribution in [0, 0.1) is 0 Å². The summed E-state index contributed by atoms with van der Waals surface area (Å²) in [4.78, 5) is 26.7. The van der Waals surface area contributed by atoms with Crippen molar-refractivity contribution in [3.63, 3.8) is 0 Å². The SMILES string of the molecule is COC(=O)c1cccc(NC2=NC(N)(c3ccc(N4CCOCC4)nc3)Nc3cc[nH]c32)c1. The monoisotopic (exact) mass is 447 g/mol. The predicted octanol–water partition coefficient (Wildman–Crippen LogP) is 2.09. The zero-order chi connectivity index (χ0) is 22.8. The van der Waals surface area contributed by atoms with E-state index in [1.165, 1.54) is 7.11 Å². The van der Waals surface area contributed by atoms with Gasteiger partial charge in [0.2, 0.25) is 5.79 Å². The molecule has 2 aromatic heterocycles. The maximum Gasteiger partial charge on any atom is 0.337 e. The van der Waals surface area contributed by atoms with Crippen LogP contribution >= 0.6 is 0 Å². The number of ether oxygens (including phenoxy) is 2. The average molecular weight is 447 g/mol. The number of aromatic amines is 1.